The monoisotopic (exact) mass is 370 g/mol. The van der Waals surface area contributed by atoms with Crippen molar-refractivity contribution >= 4 is 45.0 Å². The van der Waals surface area contributed by atoms with Crippen molar-refractivity contribution in [2.24, 2.45) is 0 Å². The second kappa shape index (κ2) is 6.97. The molecule has 0 bridgehead atoms. The van der Waals surface area contributed by atoms with Crippen LogP contribution in [-0.4, -0.2) is 21.9 Å². The van der Waals surface area contributed by atoms with E-state index in [2.05, 4.69) is 15.3 Å². The number of rotatable bonds is 4. The number of aromatic nitrogens is 2. The van der Waals surface area contributed by atoms with Gasteiger partial charge in [0.25, 0.3) is 11.2 Å². The van der Waals surface area contributed by atoms with Crippen molar-refractivity contribution in [3.8, 4) is 0 Å². The molecule has 8 heteroatoms. The molecule has 0 fully saturated rings. The lowest BCUT2D eigenvalue weighted by Crippen LogP contribution is -2.11. The summed E-state index contributed by atoms with van der Waals surface area (Å²) in [6.07, 6.45) is 1.52. The van der Waals surface area contributed by atoms with Gasteiger partial charge >= 0.3 is 0 Å². The molecule has 3 rings (SSSR count). The van der Waals surface area contributed by atoms with Gasteiger partial charge in [0.05, 0.1) is 20.9 Å². The predicted molar refractivity (Wildman–Crippen MR) is 103 cm³/mol. The molecule has 0 saturated heterocycles. The third-order valence-corrected chi connectivity index (χ3v) is 4.23. The SMILES string of the molecule is CNc1ccc(/C=C(/Cl)c2nc3c(C)cccc3c(=O)[nH]2)cc1[N+](=O)[O-]. The second-order valence-corrected chi connectivity index (χ2v) is 6.07. The molecule has 0 unspecified atom stereocenters. The molecule has 132 valence electrons. The summed E-state index contributed by atoms with van der Waals surface area (Å²) < 4.78 is 0. The number of benzene rings is 2. The summed E-state index contributed by atoms with van der Waals surface area (Å²) in [6, 6.07) is 10.0. The van der Waals surface area contributed by atoms with E-state index < -0.39 is 4.92 Å². The Morgan fingerprint density at radius 2 is 2.12 bits per heavy atom. The van der Waals surface area contributed by atoms with Crippen molar-refractivity contribution in [2.75, 3.05) is 12.4 Å². The van der Waals surface area contributed by atoms with Crippen LogP contribution in [0.5, 0.6) is 0 Å². The van der Waals surface area contributed by atoms with Gasteiger partial charge in [-0.2, -0.15) is 0 Å². The van der Waals surface area contributed by atoms with E-state index >= 15 is 0 Å². The third-order valence-electron chi connectivity index (χ3n) is 3.95. The number of nitro benzene ring substituents is 1. The molecule has 1 heterocycles. The number of halogens is 1. The van der Waals surface area contributed by atoms with Gasteiger partial charge in [0.15, 0.2) is 5.82 Å². The summed E-state index contributed by atoms with van der Waals surface area (Å²) in [5, 5.41) is 14.6. The summed E-state index contributed by atoms with van der Waals surface area (Å²) >= 11 is 6.31. The normalized spacial score (nSPS) is 11.6. The Labute approximate surface area is 153 Å². The van der Waals surface area contributed by atoms with E-state index in [1.807, 2.05) is 13.0 Å². The maximum atomic E-state index is 12.3. The van der Waals surface area contributed by atoms with Crippen LogP contribution in [0.1, 0.15) is 17.0 Å². The highest BCUT2D eigenvalue weighted by Gasteiger charge is 2.14. The Morgan fingerprint density at radius 1 is 1.35 bits per heavy atom. The molecule has 26 heavy (non-hydrogen) atoms. The van der Waals surface area contributed by atoms with E-state index in [-0.39, 0.29) is 22.1 Å². The summed E-state index contributed by atoms with van der Waals surface area (Å²) in [7, 11) is 1.61. The van der Waals surface area contributed by atoms with Gasteiger partial charge in [-0.15, -0.1) is 0 Å². The van der Waals surface area contributed by atoms with Crippen LogP contribution in [0.25, 0.3) is 22.0 Å². The lowest BCUT2D eigenvalue weighted by Gasteiger charge is -2.05. The molecule has 1 aromatic heterocycles. The minimum absolute atomic E-state index is 0.0680. The van der Waals surface area contributed by atoms with Gasteiger partial charge in [0, 0.05) is 13.1 Å². The van der Waals surface area contributed by atoms with Crippen molar-refractivity contribution in [1.29, 1.82) is 0 Å². The molecule has 7 nitrogen and oxygen atoms in total. The van der Waals surface area contributed by atoms with Gasteiger partial charge in [-0.1, -0.05) is 29.8 Å². The third kappa shape index (κ3) is 3.29. The summed E-state index contributed by atoms with van der Waals surface area (Å²) in [6.45, 7) is 1.86. The first-order chi connectivity index (χ1) is 12.4. The van der Waals surface area contributed by atoms with Crippen LogP contribution in [0, 0.1) is 17.0 Å². The predicted octanol–water partition coefficient (Wildman–Crippen LogP) is 3.92. The van der Waals surface area contributed by atoms with E-state index in [1.165, 1.54) is 12.1 Å². The van der Waals surface area contributed by atoms with Crippen LogP contribution < -0.4 is 10.9 Å². The largest absolute Gasteiger partial charge is 0.383 e. The topological polar surface area (TPSA) is 101 Å². The zero-order valence-electron chi connectivity index (χ0n) is 14.0. The number of fused-ring (bicyclic) bond motifs is 1. The number of hydrogen-bond donors (Lipinski definition) is 2. The average molecular weight is 371 g/mol. The van der Waals surface area contributed by atoms with Gasteiger partial charge in [0.1, 0.15) is 5.69 Å². The van der Waals surface area contributed by atoms with Crippen molar-refractivity contribution in [1.82, 2.24) is 9.97 Å². The number of para-hydroxylation sites is 1. The fraction of sp³-hybridized carbons (Fsp3) is 0.111. The molecule has 0 radical (unpaired) electrons. The van der Waals surface area contributed by atoms with E-state index in [4.69, 9.17) is 11.6 Å². The first-order valence-electron chi connectivity index (χ1n) is 7.74. The lowest BCUT2D eigenvalue weighted by molar-refractivity contribution is -0.383. The van der Waals surface area contributed by atoms with Crippen molar-refractivity contribution in [3.63, 3.8) is 0 Å². The second-order valence-electron chi connectivity index (χ2n) is 5.66. The number of nitrogens with one attached hydrogen (secondary N) is 2. The van der Waals surface area contributed by atoms with Gasteiger partial charge in [-0.05, 0) is 36.3 Å². The molecule has 3 aromatic rings. The quantitative estimate of drug-likeness (QED) is 0.535. The zero-order chi connectivity index (χ0) is 18.8. The van der Waals surface area contributed by atoms with E-state index in [9.17, 15) is 14.9 Å². The average Bonchev–Trinajstić information content (AvgIpc) is 2.62. The van der Waals surface area contributed by atoms with E-state index in [0.717, 1.165) is 5.56 Å². The minimum atomic E-state index is -0.476. The maximum Gasteiger partial charge on any atom is 0.292 e. The number of hydrogen-bond acceptors (Lipinski definition) is 5. The van der Waals surface area contributed by atoms with Crippen molar-refractivity contribution in [2.45, 2.75) is 6.92 Å². The Kier molecular flexibility index (Phi) is 4.73. The molecule has 2 N–H and O–H groups in total. The number of nitro groups is 1. The molecule has 2 aromatic carbocycles. The first-order valence-corrected chi connectivity index (χ1v) is 8.12. The summed E-state index contributed by atoms with van der Waals surface area (Å²) in [5.74, 6) is 0.207. The Hall–Kier alpha value is -3.19. The van der Waals surface area contributed by atoms with E-state index in [0.29, 0.717) is 22.2 Å². The van der Waals surface area contributed by atoms with Gasteiger partial charge in [-0.25, -0.2) is 4.98 Å². The molecule has 0 atom stereocenters. The maximum absolute atomic E-state index is 12.3. The molecule has 0 amide bonds. The number of aromatic amines is 1. The molecular weight excluding hydrogens is 356 g/mol. The van der Waals surface area contributed by atoms with Gasteiger partial charge < -0.3 is 10.3 Å². The number of nitrogens with zero attached hydrogens (tertiary/aromatic N) is 2. The van der Waals surface area contributed by atoms with Crippen LogP contribution >= 0.6 is 11.6 Å². The molecule has 0 saturated carbocycles. The van der Waals surface area contributed by atoms with Crippen LogP contribution in [0.15, 0.2) is 41.2 Å². The summed E-state index contributed by atoms with van der Waals surface area (Å²) in [5.41, 5.74) is 1.98. The Bertz CT molecular complexity index is 1110. The minimum Gasteiger partial charge on any atom is -0.383 e. The number of anilines is 1. The Balaban J connectivity index is 2.09. The fourth-order valence-electron chi connectivity index (χ4n) is 2.63. The lowest BCUT2D eigenvalue weighted by atomic mass is 10.1. The van der Waals surface area contributed by atoms with Crippen LogP contribution in [-0.2, 0) is 0 Å². The molecule has 0 aliphatic heterocycles. The van der Waals surface area contributed by atoms with Gasteiger partial charge in [0.2, 0.25) is 0 Å². The molecule has 0 aliphatic rings. The molecular formula is C18H15ClN4O3. The highest BCUT2D eigenvalue weighted by Crippen LogP contribution is 2.28. The van der Waals surface area contributed by atoms with Crippen LogP contribution in [0.3, 0.4) is 0 Å². The molecule has 0 spiro atoms. The highest BCUT2D eigenvalue weighted by molar-refractivity contribution is 6.50. The number of H-pyrrole nitrogens is 1. The highest BCUT2D eigenvalue weighted by atomic mass is 35.5. The van der Waals surface area contributed by atoms with Crippen molar-refractivity contribution in [3.05, 3.63) is 73.8 Å². The van der Waals surface area contributed by atoms with E-state index in [1.54, 1.807) is 31.3 Å². The van der Waals surface area contributed by atoms with Crippen LogP contribution in [0.4, 0.5) is 11.4 Å². The fourth-order valence-corrected chi connectivity index (χ4v) is 2.85. The van der Waals surface area contributed by atoms with Gasteiger partial charge in [-0.3, -0.25) is 14.9 Å². The smallest absolute Gasteiger partial charge is 0.292 e. The van der Waals surface area contributed by atoms with Crippen LogP contribution in [0.2, 0.25) is 0 Å². The first kappa shape index (κ1) is 17.6. The van der Waals surface area contributed by atoms with Crippen molar-refractivity contribution < 1.29 is 4.92 Å². The molecule has 0 aliphatic carbocycles. The zero-order valence-corrected chi connectivity index (χ0v) is 14.8. The summed E-state index contributed by atoms with van der Waals surface area (Å²) in [4.78, 5) is 30.0. The standard InChI is InChI=1S/C18H15ClN4O3/c1-10-4-3-5-12-16(10)21-17(22-18(12)24)13(19)8-11-6-7-14(20-2)15(9-11)23(25)26/h3-9,20H,1-2H3,(H,21,22,24)/b13-8+. The number of aryl methyl sites for hydroxylation is 1. The Morgan fingerprint density at radius 3 is 2.81 bits per heavy atom.